The molecule has 0 aliphatic carbocycles. The van der Waals surface area contributed by atoms with Crippen molar-refractivity contribution >= 4 is 5.91 Å². The Balaban J connectivity index is 1.73. The van der Waals surface area contributed by atoms with Crippen molar-refractivity contribution in [2.75, 3.05) is 19.7 Å². The van der Waals surface area contributed by atoms with Gasteiger partial charge >= 0.3 is 0 Å². The first-order valence-corrected chi connectivity index (χ1v) is 7.48. The first-order chi connectivity index (χ1) is 9.75. The molecule has 1 amide bonds. The highest BCUT2D eigenvalue weighted by Crippen LogP contribution is 2.35. The van der Waals surface area contributed by atoms with Crippen molar-refractivity contribution in [1.29, 1.82) is 0 Å². The minimum Gasteiger partial charge on any atom is -0.491 e. The van der Waals surface area contributed by atoms with E-state index in [9.17, 15) is 4.79 Å². The number of benzene rings is 1. The van der Waals surface area contributed by atoms with Crippen LogP contribution >= 0.6 is 0 Å². The second kappa shape index (κ2) is 5.44. The zero-order valence-corrected chi connectivity index (χ0v) is 11.9. The monoisotopic (exact) mass is 274 g/mol. The van der Waals surface area contributed by atoms with Crippen molar-refractivity contribution in [1.82, 2.24) is 10.6 Å². The fraction of sp³-hybridized carbons (Fsp3) is 0.562. The van der Waals surface area contributed by atoms with Crippen molar-refractivity contribution in [3.63, 3.8) is 0 Å². The van der Waals surface area contributed by atoms with E-state index >= 15 is 0 Å². The van der Waals surface area contributed by atoms with E-state index in [1.807, 2.05) is 24.3 Å². The third kappa shape index (κ3) is 2.29. The molecule has 1 fully saturated rings. The van der Waals surface area contributed by atoms with E-state index in [1.165, 1.54) is 0 Å². The highest BCUT2D eigenvalue weighted by atomic mass is 16.5. The number of hydrogen-bond acceptors (Lipinski definition) is 3. The molecule has 0 aromatic heterocycles. The summed E-state index contributed by atoms with van der Waals surface area (Å²) in [5, 5.41) is 6.55. The van der Waals surface area contributed by atoms with Gasteiger partial charge in [0.05, 0.1) is 11.5 Å². The lowest BCUT2D eigenvalue weighted by Crippen LogP contribution is -2.51. The normalized spacial score (nSPS) is 28.6. The zero-order chi connectivity index (χ0) is 14.0. The van der Waals surface area contributed by atoms with Crippen LogP contribution in [0.3, 0.4) is 0 Å². The van der Waals surface area contributed by atoms with Gasteiger partial charge in [0.2, 0.25) is 5.91 Å². The molecule has 1 aromatic carbocycles. The average Bonchev–Trinajstić information content (AvgIpc) is 2.91. The molecule has 2 heterocycles. The third-order valence-corrected chi connectivity index (χ3v) is 4.64. The highest BCUT2D eigenvalue weighted by Gasteiger charge is 2.39. The van der Waals surface area contributed by atoms with Crippen molar-refractivity contribution in [3.8, 4) is 5.75 Å². The summed E-state index contributed by atoms with van der Waals surface area (Å²) >= 11 is 0. The topological polar surface area (TPSA) is 50.4 Å². The van der Waals surface area contributed by atoms with E-state index in [0.717, 1.165) is 43.7 Å². The van der Waals surface area contributed by atoms with Crippen molar-refractivity contribution in [2.45, 2.75) is 32.2 Å². The van der Waals surface area contributed by atoms with Gasteiger partial charge in [-0.05, 0) is 31.9 Å². The van der Waals surface area contributed by atoms with Gasteiger partial charge in [0.15, 0.2) is 0 Å². The molecule has 2 atom stereocenters. The van der Waals surface area contributed by atoms with Crippen LogP contribution in [0.1, 0.15) is 37.8 Å². The van der Waals surface area contributed by atoms with Crippen molar-refractivity contribution in [2.24, 2.45) is 5.41 Å². The predicted molar refractivity (Wildman–Crippen MR) is 77.6 cm³/mol. The Bertz CT molecular complexity index is 495. The molecule has 2 aliphatic heterocycles. The molecule has 4 nitrogen and oxygen atoms in total. The molecule has 2 N–H and O–H groups in total. The Morgan fingerprint density at radius 3 is 3.10 bits per heavy atom. The number of rotatable bonds is 3. The second-order valence-corrected chi connectivity index (χ2v) is 5.79. The smallest absolute Gasteiger partial charge is 0.228 e. The average molecular weight is 274 g/mol. The maximum atomic E-state index is 12.7. The molecule has 2 unspecified atom stereocenters. The number of carbonyl (C=O) groups excluding carboxylic acids is 1. The van der Waals surface area contributed by atoms with Gasteiger partial charge in [0.25, 0.3) is 0 Å². The number of fused-ring (bicyclic) bond motifs is 1. The van der Waals surface area contributed by atoms with E-state index in [1.54, 1.807) is 0 Å². The van der Waals surface area contributed by atoms with E-state index < -0.39 is 0 Å². The number of para-hydroxylation sites is 1. The van der Waals surface area contributed by atoms with Crippen LogP contribution in [0.2, 0.25) is 0 Å². The van der Waals surface area contributed by atoms with Gasteiger partial charge in [-0.2, -0.15) is 0 Å². The molecule has 0 bridgehead atoms. The number of nitrogens with one attached hydrogen (secondary N) is 2. The van der Waals surface area contributed by atoms with Crippen LogP contribution in [0.25, 0.3) is 0 Å². The quantitative estimate of drug-likeness (QED) is 0.886. The van der Waals surface area contributed by atoms with E-state index in [4.69, 9.17) is 4.74 Å². The Labute approximate surface area is 119 Å². The summed E-state index contributed by atoms with van der Waals surface area (Å²) in [6, 6.07) is 7.93. The summed E-state index contributed by atoms with van der Waals surface area (Å²) in [5.74, 6) is 1.06. The van der Waals surface area contributed by atoms with Crippen molar-refractivity contribution in [3.05, 3.63) is 29.8 Å². The standard InChI is InChI=1S/C16H22N2O2/c1-2-16(8-5-9-17-11-16)15(19)18-13-10-20-14-7-4-3-6-12(13)14/h3-4,6-7,13,17H,2,5,8-11H2,1H3,(H,18,19). The molecule has 3 rings (SSSR count). The lowest BCUT2D eigenvalue weighted by molar-refractivity contribution is -0.133. The Morgan fingerprint density at radius 1 is 1.50 bits per heavy atom. The molecular weight excluding hydrogens is 252 g/mol. The third-order valence-electron chi connectivity index (χ3n) is 4.64. The SMILES string of the molecule is CCC1(C(=O)NC2COc3ccccc32)CCCNC1. The van der Waals surface area contributed by atoms with Crippen LogP contribution in [-0.2, 0) is 4.79 Å². The minimum atomic E-state index is -0.254. The summed E-state index contributed by atoms with van der Waals surface area (Å²) in [6.07, 6.45) is 2.91. The van der Waals surface area contributed by atoms with E-state index in [0.29, 0.717) is 6.61 Å². The largest absolute Gasteiger partial charge is 0.491 e. The molecule has 2 aliphatic rings. The number of amides is 1. The maximum Gasteiger partial charge on any atom is 0.228 e. The summed E-state index contributed by atoms with van der Waals surface area (Å²) in [6.45, 7) is 4.44. The molecule has 0 radical (unpaired) electrons. The Kier molecular flexibility index (Phi) is 3.66. The second-order valence-electron chi connectivity index (χ2n) is 5.79. The summed E-state index contributed by atoms with van der Waals surface area (Å²) in [7, 11) is 0. The zero-order valence-electron chi connectivity index (χ0n) is 11.9. The first kappa shape index (κ1) is 13.4. The molecule has 0 saturated carbocycles. The van der Waals surface area contributed by atoms with Gasteiger partial charge in [-0.3, -0.25) is 4.79 Å². The molecular formula is C16H22N2O2. The number of ether oxygens (including phenoxy) is 1. The van der Waals surface area contributed by atoms with Crippen LogP contribution in [0, 0.1) is 5.41 Å². The highest BCUT2D eigenvalue weighted by molar-refractivity contribution is 5.83. The Hall–Kier alpha value is -1.55. The van der Waals surface area contributed by atoms with E-state index in [2.05, 4.69) is 17.6 Å². The van der Waals surface area contributed by atoms with Crippen molar-refractivity contribution < 1.29 is 9.53 Å². The number of carbonyl (C=O) groups is 1. The van der Waals surface area contributed by atoms with Gasteiger partial charge in [-0.15, -0.1) is 0 Å². The lowest BCUT2D eigenvalue weighted by Gasteiger charge is -2.36. The minimum absolute atomic E-state index is 0.0101. The predicted octanol–water partition coefficient (Wildman–Crippen LogP) is 2.02. The Morgan fingerprint density at radius 2 is 2.35 bits per heavy atom. The van der Waals surface area contributed by atoms with Gasteiger partial charge in [0, 0.05) is 12.1 Å². The fourth-order valence-corrected chi connectivity index (χ4v) is 3.22. The molecule has 4 heteroatoms. The van der Waals surface area contributed by atoms with Crippen LogP contribution in [0.5, 0.6) is 5.75 Å². The molecule has 20 heavy (non-hydrogen) atoms. The molecule has 1 aromatic rings. The molecule has 0 spiro atoms. The van der Waals surface area contributed by atoms with Crippen LogP contribution in [0.15, 0.2) is 24.3 Å². The number of piperidine rings is 1. The summed E-state index contributed by atoms with van der Waals surface area (Å²) < 4.78 is 5.64. The fourth-order valence-electron chi connectivity index (χ4n) is 3.22. The van der Waals surface area contributed by atoms with E-state index in [-0.39, 0.29) is 17.4 Å². The lowest BCUT2D eigenvalue weighted by atomic mass is 9.77. The van der Waals surface area contributed by atoms with Gasteiger partial charge in [-0.25, -0.2) is 0 Å². The molecule has 108 valence electrons. The van der Waals surface area contributed by atoms with Gasteiger partial charge in [-0.1, -0.05) is 25.1 Å². The van der Waals surface area contributed by atoms with Crippen LogP contribution < -0.4 is 15.4 Å². The summed E-state index contributed by atoms with van der Waals surface area (Å²) in [5.41, 5.74) is 0.839. The first-order valence-electron chi connectivity index (χ1n) is 7.48. The summed E-state index contributed by atoms with van der Waals surface area (Å²) in [4.78, 5) is 12.7. The van der Waals surface area contributed by atoms with Crippen LogP contribution in [-0.4, -0.2) is 25.6 Å². The van der Waals surface area contributed by atoms with Gasteiger partial charge in [0.1, 0.15) is 12.4 Å². The van der Waals surface area contributed by atoms with Crippen LogP contribution in [0.4, 0.5) is 0 Å². The molecule has 1 saturated heterocycles. The van der Waals surface area contributed by atoms with Gasteiger partial charge < -0.3 is 15.4 Å². The maximum absolute atomic E-state index is 12.7. The number of hydrogen-bond donors (Lipinski definition) is 2.